The van der Waals surface area contributed by atoms with E-state index in [2.05, 4.69) is 20.9 Å². The third-order valence-corrected chi connectivity index (χ3v) is 4.77. The molecule has 0 heterocycles. The Morgan fingerprint density at radius 2 is 1.08 bits per heavy atom. The van der Waals surface area contributed by atoms with E-state index in [0.717, 1.165) is 44.5 Å². The minimum atomic E-state index is -0.535. The molecule has 0 bridgehead atoms. The van der Waals surface area contributed by atoms with Crippen molar-refractivity contribution < 1.29 is 28.6 Å². The van der Waals surface area contributed by atoms with Crippen LogP contribution in [0.2, 0.25) is 0 Å². The van der Waals surface area contributed by atoms with Crippen molar-refractivity contribution in [2.24, 2.45) is 0 Å². The van der Waals surface area contributed by atoms with E-state index in [-0.39, 0.29) is 6.61 Å². The normalized spacial score (nSPS) is 11.5. The molecule has 1 aromatic carbocycles. The van der Waals surface area contributed by atoms with Crippen LogP contribution < -0.4 is 16.0 Å². The summed E-state index contributed by atoms with van der Waals surface area (Å²) < 4.78 is 15.8. The van der Waals surface area contributed by atoms with Gasteiger partial charge < -0.3 is 35.1 Å². The lowest BCUT2D eigenvalue weighted by Crippen LogP contribution is -2.37. The largest absolute Gasteiger partial charge is 0.445 e. The first kappa shape index (κ1) is 32.0. The Hall–Kier alpha value is -3.01. The van der Waals surface area contributed by atoms with Crippen molar-refractivity contribution in [3.63, 3.8) is 0 Å². The molecule has 0 saturated heterocycles. The SMILES string of the molecule is CC(C)(C)OC(=O)NCCCN(CCCNC(=O)OCc1ccccc1)CCCNC(=O)OC(C)(C)C. The van der Waals surface area contributed by atoms with Gasteiger partial charge in [-0.1, -0.05) is 30.3 Å². The highest BCUT2D eigenvalue weighted by Gasteiger charge is 2.17. The number of alkyl carbamates (subject to hydrolysis) is 3. The number of ether oxygens (including phenoxy) is 3. The third-order valence-electron chi connectivity index (χ3n) is 4.77. The molecule has 0 fully saturated rings. The highest BCUT2D eigenvalue weighted by molar-refractivity contribution is 5.68. The summed E-state index contributed by atoms with van der Waals surface area (Å²) in [5, 5.41) is 8.33. The molecule has 1 rings (SSSR count). The van der Waals surface area contributed by atoms with Crippen molar-refractivity contribution in [2.45, 2.75) is 78.6 Å². The number of hydrogen-bond acceptors (Lipinski definition) is 7. The van der Waals surface area contributed by atoms with Gasteiger partial charge in [0.25, 0.3) is 0 Å². The molecule has 37 heavy (non-hydrogen) atoms. The fraction of sp³-hybridized carbons (Fsp3) is 0.667. The molecule has 10 nitrogen and oxygen atoms in total. The van der Waals surface area contributed by atoms with Crippen molar-refractivity contribution in [3.05, 3.63) is 35.9 Å². The molecule has 3 amide bonds. The second kappa shape index (κ2) is 16.7. The number of rotatable bonds is 14. The van der Waals surface area contributed by atoms with Crippen molar-refractivity contribution >= 4 is 18.3 Å². The van der Waals surface area contributed by atoms with E-state index in [0.29, 0.717) is 19.6 Å². The highest BCUT2D eigenvalue weighted by Crippen LogP contribution is 2.07. The quantitative estimate of drug-likeness (QED) is 0.244. The fourth-order valence-corrected chi connectivity index (χ4v) is 3.22. The van der Waals surface area contributed by atoms with Crippen LogP contribution in [0.4, 0.5) is 14.4 Å². The second-order valence-corrected chi connectivity index (χ2v) is 10.7. The Morgan fingerprint density at radius 3 is 1.49 bits per heavy atom. The lowest BCUT2D eigenvalue weighted by atomic mass is 10.2. The van der Waals surface area contributed by atoms with Gasteiger partial charge in [-0.05, 0) is 86.0 Å². The number of carbonyl (C=O) groups excluding carboxylic acids is 3. The maximum Gasteiger partial charge on any atom is 0.407 e. The second-order valence-electron chi connectivity index (χ2n) is 10.7. The highest BCUT2D eigenvalue weighted by atomic mass is 16.6. The van der Waals surface area contributed by atoms with Crippen molar-refractivity contribution in [2.75, 3.05) is 39.3 Å². The van der Waals surface area contributed by atoms with Crippen molar-refractivity contribution in [1.29, 1.82) is 0 Å². The van der Waals surface area contributed by atoms with Gasteiger partial charge in [0.2, 0.25) is 0 Å². The van der Waals surface area contributed by atoms with Crippen LogP contribution in [0.3, 0.4) is 0 Å². The van der Waals surface area contributed by atoms with Gasteiger partial charge in [-0.2, -0.15) is 0 Å². The van der Waals surface area contributed by atoms with E-state index < -0.39 is 29.5 Å². The summed E-state index contributed by atoms with van der Waals surface area (Å²) >= 11 is 0. The van der Waals surface area contributed by atoms with Gasteiger partial charge in [-0.25, -0.2) is 14.4 Å². The number of amides is 3. The van der Waals surface area contributed by atoms with Gasteiger partial charge >= 0.3 is 18.3 Å². The summed E-state index contributed by atoms with van der Waals surface area (Å²) in [5.41, 5.74) is -0.136. The van der Waals surface area contributed by atoms with Gasteiger partial charge in [-0.3, -0.25) is 0 Å². The average molecular weight is 523 g/mol. The van der Waals surface area contributed by atoms with Gasteiger partial charge in [0, 0.05) is 19.6 Å². The molecular weight excluding hydrogens is 476 g/mol. The van der Waals surface area contributed by atoms with E-state index >= 15 is 0 Å². The summed E-state index contributed by atoms with van der Waals surface area (Å²) in [6, 6.07) is 9.52. The van der Waals surface area contributed by atoms with Crippen molar-refractivity contribution in [3.8, 4) is 0 Å². The zero-order valence-electron chi connectivity index (χ0n) is 23.4. The smallest absolute Gasteiger partial charge is 0.407 e. The number of nitrogens with one attached hydrogen (secondary N) is 3. The molecule has 0 atom stereocenters. The molecule has 210 valence electrons. The van der Waals surface area contributed by atoms with Crippen LogP contribution in [0.5, 0.6) is 0 Å². The molecule has 0 saturated carbocycles. The summed E-state index contributed by atoms with van der Waals surface area (Å²) in [5.74, 6) is 0. The van der Waals surface area contributed by atoms with E-state index in [1.165, 1.54) is 0 Å². The molecule has 10 heteroatoms. The van der Waals surface area contributed by atoms with Crippen LogP contribution >= 0.6 is 0 Å². The van der Waals surface area contributed by atoms with Gasteiger partial charge in [0.05, 0.1) is 0 Å². The molecular formula is C27H46N4O6. The lowest BCUT2D eigenvalue weighted by molar-refractivity contribution is 0.0516. The summed E-state index contributed by atoms with van der Waals surface area (Å²) in [6.45, 7) is 14.9. The fourth-order valence-electron chi connectivity index (χ4n) is 3.22. The Morgan fingerprint density at radius 1 is 0.676 bits per heavy atom. The van der Waals surface area contributed by atoms with Gasteiger partial charge in [0.15, 0.2) is 0 Å². The molecule has 0 spiro atoms. The molecule has 1 aromatic rings. The molecule has 0 aliphatic heterocycles. The van der Waals surface area contributed by atoms with Crippen LogP contribution in [0.25, 0.3) is 0 Å². The van der Waals surface area contributed by atoms with E-state index in [1.807, 2.05) is 71.9 Å². The Labute approximate surface area is 221 Å². The summed E-state index contributed by atoms with van der Waals surface area (Å²) in [4.78, 5) is 37.9. The zero-order valence-corrected chi connectivity index (χ0v) is 23.4. The summed E-state index contributed by atoms with van der Waals surface area (Å²) in [6.07, 6.45) is 0.909. The van der Waals surface area contributed by atoms with Crippen LogP contribution in [0, 0.1) is 0 Å². The maximum absolute atomic E-state index is 12.0. The molecule has 3 N–H and O–H groups in total. The Kier molecular flexibility index (Phi) is 14.4. The third kappa shape index (κ3) is 18.9. The van der Waals surface area contributed by atoms with Crippen LogP contribution in [0.15, 0.2) is 30.3 Å². The topological polar surface area (TPSA) is 118 Å². The molecule has 0 radical (unpaired) electrons. The van der Waals surface area contributed by atoms with Crippen LogP contribution in [0.1, 0.15) is 66.4 Å². The Balaban J connectivity index is 2.37. The zero-order chi connectivity index (χ0) is 27.7. The van der Waals surface area contributed by atoms with E-state index in [1.54, 1.807) is 0 Å². The minimum absolute atomic E-state index is 0.230. The first-order chi connectivity index (χ1) is 17.3. The number of benzene rings is 1. The lowest BCUT2D eigenvalue weighted by Gasteiger charge is -2.24. The molecule has 0 unspecified atom stereocenters. The predicted octanol–water partition coefficient (Wildman–Crippen LogP) is 4.43. The predicted molar refractivity (Wildman–Crippen MR) is 143 cm³/mol. The number of carbonyl (C=O) groups is 3. The first-order valence-electron chi connectivity index (χ1n) is 12.9. The maximum atomic E-state index is 12.0. The van der Waals surface area contributed by atoms with Gasteiger partial charge in [0.1, 0.15) is 17.8 Å². The van der Waals surface area contributed by atoms with Crippen LogP contribution in [-0.4, -0.2) is 73.7 Å². The van der Waals surface area contributed by atoms with Gasteiger partial charge in [-0.15, -0.1) is 0 Å². The number of hydrogen-bond donors (Lipinski definition) is 3. The minimum Gasteiger partial charge on any atom is -0.445 e. The number of nitrogens with zero attached hydrogens (tertiary/aromatic N) is 1. The van der Waals surface area contributed by atoms with Crippen LogP contribution in [-0.2, 0) is 20.8 Å². The van der Waals surface area contributed by atoms with Crippen molar-refractivity contribution in [1.82, 2.24) is 20.9 Å². The van der Waals surface area contributed by atoms with E-state index in [9.17, 15) is 14.4 Å². The average Bonchev–Trinajstić information content (AvgIpc) is 2.78. The Bertz CT molecular complexity index is 769. The monoisotopic (exact) mass is 522 g/mol. The first-order valence-corrected chi connectivity index (χ1v) is 12.9. The molecule has 0 aliphatic carbocycles. The summed E-state index contributed by atoms with van der Waals surface area (Å²) in [7, 11) is 0. The molecule has 0 aliphatic rings. The molecule has 0 aromatic heterocycles. The standard InChI is InChI=1S/C27H46N4O6/c1-26(2,3)36-24(33)29-16-11-19-31(20-12-17-30-25(34)37-27(4,5)6)18-10-15-28-23(32)35-21-22-13-8-7-9-14-22/h7-9,13-14H,10-12,15-21H2,1-6H3,(H,28,32)(H,29,33)(H,30,34). The van der Waals surface area contributed by atoms with E-state index in [4.69, 9.17) is 14.2 Å².